The molecule has 5 nitrogen and oxygen atoms in total. The smallest absolute Gasteiger partial charge is 0.162 e. The van der Waals surface area contributed by atoms with Gasteiger partial charge in [0.25, 0.3) is 0 Å². The Morgan fingerprint density at radius 2 is 2.00 bits per heavy atom. The number of ether oxygens (including phenoxy) is 2. The van der Waals surface area contributed by atoms with Crippen LogP contribution >= 0.6 is 0 Å². The van der Waals surface area contributed by atoms with Crippen molar-refractivity contribution in [2.75, 3.05) is 25.1 Å². The van der Waals surface area contributed by atoms with Gasteiger partial charge in [-0.1, -0.05) is 46.1 Å². The van der Waals surface area contributed by atoms with Crippen molar-refractivity contribution < 1.29 is 18.3 Å². The second-order valence-corrected chi connectivity index (χ2v) is 13.6. The molecular formula is C35H45F2N3O2. The lowest BCUT2D eigenvalue weighted by molar-refractivity contribution is -0.0366. The molecule has 0 radical (unpaired) electrons. The van der Waals surface area contributed by atoms with Crippen molar-refractivity contribution in [1.29, 1.82) is 5.26 Å². The molecule has 0 amide bonds. The lowest BCUT2D eigenvalue weighted by Crippen LogP contribution is -2.35. The van der Waals surface area contributed by atoms with E-state index in [1.54, 1.807) is 12.3 Å². The normalized spacial score (nSPS) is 23.9. The predicted molar refractivity (Wildman–Crippen MR) is 165 cm³/mol. The van der Waals surface area contributed by atoms with Crippen LogP contribution in [0.4, 0.5) is 14.5 Å². The summed E-state index contributed by atoms with van der Waals surface area (Å²) in [5.41, 5.74) is 2.89. The van der Waals surface area contributed by atoms with Gasteiger partial charge in [-0.3, -0.25) is 4.90 Å². The summed E-state index contributed by atoms with van der Waals surface area (Å²) in [4.78, 5) is 4.21. The number of nitrogens with zero attached hydrogens (tertiary/aromatic N) is 3. The molecule has 7 heteroatoms. The van der Waals surface area contributed by atoms with E-state index in [1.807, 2.05) is 24.1 Å². The zero-order valence-corrected chi connectivity index (χ0v) is 25.9. The largest absolute Gasteiger partial charge is 0.491 e. The van der Waals surface area contributed by atoms with Gasteiger partial charge in [-0.2, -0.15) is 5.26 Å². The van der Waals surface area contributed by atoms with Crippen LogP contribution in [-0.4, -0.2) is 42.8 Å². The molecule has 4 rings (SSSR count). The van der Waals surface area contributed by atoms with Crippen LogP contribution in [0.3, 0.4) is 0 Å². The standard InChI is InChI=1S/C35H45F2N3O2/c1-9-39(8)31-14-13-24(23(2)41-22-26-15-16-35(6,7)42-26)17-25(31)20-40-21-29(27-11-10-12-30(36)33(27)37)28(19-38)32(40)18-34(3,4)5/h9-14,17,26,28-29,32H,1-2,15-16,18,20-22H2,3-8H3. The number of rotatable bonds is 10. The van der Waals surface area contributed by atoms with E-state index in [9.17, 15) is 9.65 Å². The van der Waals surface area contributed by atoms with Gasteiger partial charge in [-0.05, 0) is 80.1 Å². The van der Waals surface area contributed by atoms with E-state index in [2.05, 4.69) is 64.8 Å². The fourth-order valence-electron chi connectivity index (χ4n) is 6.36. The second kappa shape index (κ2) is 12.6. The third-order valence-corrected chi connectivity index (χ3v) is 8.53. The van der Waals surface area contributed by atoms with Crippen LogP contribution in [-0.2, 0) is 16.0 Å². The molecule has 226 valence electrons. The average molecular weight is 578 g/mol. The molecule has 0 N–H and O–H groups in total. The third kappa shape index (κ3) is 7.22. The number of hydrogen-bond donors (Lipinski definition) is 0. The Bertz CT molecular complexity index is 1340. The minimum absolute atomic E-state index is 0.0354. The van der Waals surface area contributed by atoms with Gasteiger partial charge >= 0.3 is 0 Å². The average Bonchev–Trinajstić information content (AvgIpc) is 3.45. The molecule has 2 fully saturated rings. The highest BCUT2D eigenvalue weighted by Crippen LogP contribution is 2.44. The van der Waals surface area contributed by atoms with Gasteiger partial charge in [0, 0.05) is 43.3 Å². The highest BCUT2D eigenvalue weighted by Gasteiger charge is 2.45. The summed E-state index contributed by atoms with van der Waals surface area (Å²) in [5, 5.41) is 10.3. The van der Waals surface area contributed by atoms with E-state index in [1.165, 1.54) is 6.07 Å². The van der Waals surface area contributed by atoms with Gasteiger partial charge in [0.15, 0.2) is 11.6 Å². The molecule has 2 aliphatic rings. The molecule has 0 aliphatic carbocycles. The maximum atomic E-state index is 15.0. The van der Waals surface area contributed by atoms with Crippen molar-refractivity contribution in [3.8, 4) is 6.07 Å². The van der Waals surface area contributed by atoms with Crippen LogP contribution < -0.4 is 4.90 Å². The van der Waals surface area contributed by atoms with Crippen molar-refractivity contribution in [3.05, 3.63) is 84.1 Å². The van der Waals surface area contributed by atoms with Crippen LogP contribution in [0, 0.1) is 34.3 Å². The molecule has 4 unspecified atom stereocenters. The van der Waals surface area contributed by atoms with Gasteiger partial charge in [0.1, 0.15) is 12.4 Å². The van der Waals surface area contributed by atoms with Crippen LogP contribution in [0.25, 0.3) is 5.76 Å². The fourth-order valence-corrected chi connectivity index (χ4v) is 6.36. The minimum Gasteiger partial charge on any atom is -0.491 e. The summed E-state index contributed by atoms with van der Waals surface area (Å²) in [5.74, 6) is -2.12. The summed E-state index contributed by atoms with van der Waals surface area (Å²) in [6.45, 7) is 20.2. The molecule has 0 aromatic heterocycles. The quantitative estimate of drug-likeness (QED) is 0.268. The van der Waals surface area contributed by atoms with Crippen molar-refractivity contribution in [2.45, 2.75) is 84.1 Å². The lowest BCUT2D eigenvalue weighted by atomic mass is 9.79. The fraction of sp³-hybridized carbons (Fsp3) is 0.514. The van der Waals surface area contributed by atoms with Crippen LogP contribution in [0.15, 0.2) is 55.8 Å². The zero-order chi connectivity index (χ0) is 30.8. The molecule has 2 saturated heterocycles. The molecule has 4 atom stereocenters. The van der Waals surface area contributed by atoms with E-state index in [-0.39, 0.29) is 28.7 Å². The van der Waals surface area contributed by atoms with Crippen LogP contribution in [0.2, 0.25) is 0 Å². The zero-order valence-electron chi connectivity index (χ0n) is 25.9. The first kappa shape index (κ1) is 31.7. The Morgan fingerprint density at radius 1 is 1.26 bits per heavy atom. The topological polar surface area (TPSA) is 48.7 Å². The number of nitriles is 1. The first-order valence-corrected chi connectivity index (χ1v) is 14.8. The molecule has 2 aromatic carbocycles. The molecule has 0 spiro atoms. The second-order valence-electron chi connectivity index (χ2n) is 13.6. The first-order valence-electron chi connectivity index (χ1n) is 14.8. The summed E-state index contributed by atoms with van der Waals surface area (Å²) in [6, 6.07) is 12.7. The van der Waals surface area contributed by atoms with E-state index in [0.29, 0.717) is 25.5 Å². The Labute approximate surface area is 250 Å². The van der Waals surface area contributed by atoms with Crippen molar-refractivity contribution in [2.24, 2.45) is 11.3 Å². The third-order valence-electron chi connectivity index (χ3n) is 8.53. The van der Waals surface area contributed by atoms with Crippen molar-refractivity contribution >= 4 is 11.4 Å². The van der Waals surface area contributed by atoms with Gasteiger partial charge in [0.2, 0.25) is 0 Å². The van der Waals surface area contributed by atoms with Gasteiger partial charge in [0.05, 0.1) is 23.7 Å². The number of benzene rings is 2. The minimum atomic E-state index is -0.886. The van der Waals surface area contributed by atoms with E-state index >= 15 is 4.39 Å². The first-order chi connectivity index (χ1) is 19.7. The molecule has 2 aliphatic heterocycles. The molecule has 2 heterocycles. The van der Waals surface area contributed by atoms with Gasteiger partial charge < -0.3 is 14.4 Å². The maximum absolute atomic E-state index is 15.0. The molecule has 0 bridgehead atoms. The van der Waals surface area contributed by atoms with Gasteiger partial charge in [-0.15, -0.1) is 0 Å². The van der Waals surface area contributed by atoms with E-state index < -0.39 is 23.5 Å². The molecule has 0 saturated carbocycles. The number of halogens is 2. The Kier molecular flexibility index (Phi) is 9.49. The Balaban J connectivity index is 1.64. The van der Waals surface area contributed by atoms with Gasteiger partial charge in [-0.25, -0.2) is 8.78 Å². The summed E-state index contributed by atoms with van der Waals surface area (Å²) < 4.78 is 41.4. The summed E-state index contributed by atoms with van der Waals surface area (Å²) in [7, 11) is 1.94. The summed E-state index contributed by atoms with van der Waals surface area (Å²) >= 11 is 0. The van der Waals surface area contributed by atoms with E-state index in [4.69, 9.17) is 9.47 Å². The SMILES string of the molecule is C=CN(C)c1ccc(C(=C)OCC2CCC(C)(C)O2)cc1CN1CC(c2cccc(F)c2F)C(C#N)C1CC(C)(C)C. The number of hydrogen-bond acceptors (Lipinski definition) is 5. The number of likely N-dealkylation sites (tertiary alicyclic amines) is 1. The Morgan fingerprint density at radius 3 is 2.62 bits per heavy atom. The monoisotopic (exact) mass is 577 g/mol. The maximum Gasteiger partial charge on any atom is 0.162 e. The van der Waals surface area contributed by atoms with Crippen LogP contribution in [0.1, 0.15) is 76.5 Å². The van der Waals surface area contributed by atoms with E-state index in [0.717, 1.165) is 42.1 Å². The molecule has 42 heavy (non-hydrogen) atoms. The molecular weight excluding hydrogens is 532 g/mol. The lowest BCUT2D eigenvalue weighted by Gasteiger charge is -2.32. The summed E-state index contributed by atoms with van der Waals surface area (Å²) in [6.07, 6.45) is 4.47. The highest BCUT2D eigenvalue weighted by atomic mass is 19.2. The number of anilines is 1. The van der Waals surface area contributed by atoms with Crippen molar-refractivity contribution in [3.63, 3.8) is 0 Å². The Hall–Kier alpha value is -3.21. The van der Waals surface area contributed by atoms with Crippen molar-refractivity contribution in [1.82, 2.24) is 4.90 Å². The predicted octanol–water partition coefficient (Wildman–Crippen LogP) is 8.03. The van der Waals surface area contributed by atoms with Crippen LogP contribution in [0.5, 0.6) is 0 Å². The highest BCUT2D eigenvalue weighted by molar-refractivity contribution is 5.65. The molecule has 2 aromatic rings.